The van der Waals surface area contributed by atoms with Crippen LogP contribution in [0.25, 0.3) is 0 Å². The number of aliphatic hydroxyl groups is 2. The lowest BCUT2D eigenvalue weighted by Gasteiger charge is -2.23. The second kappa shape index (κ2) is 53.0. The molecule has 0 saturated carbocycles. The van der Waals surface area contributed by atoms with E-state index in [1.165, 1.54) is 77.0 Å². The predicted molar refractivity (Wildman–Crippen MR) is 291 cm³/mol. The van der Waals surface area contributed by atoms with Crippen LogP contribution in [0.2, 0.25) is 0 Å². The third kappa shape index (κ3) is 48.3. The first-order chi connectivity index (χ1) is 33.0. The van der Waals surface area contributed by atoms with Gasteiger partial charge in [0.1, 0.15) is 6.10 Å². The van der Waals surface area contributed by atoms with Crippen LogP contribution < -0.4 is 5.32 Å². The molecule has 0 saturated heterocycles. The molecule has 67 heavy (non-hydrogen) atoms. The summed E-state index contributed by atoms with van der Waals surface area (Å²) in [5.41, 5.74) is 0. The van der Waals surface area contributed by atoms with E-state index < -0.39 is 18.2 Å². The average molecular weight is 926 g/mol. The third-order valence-corrected chi connectivity index (χ3v) is 11.2. The van der Waals surface area contributed by atoms with Crippen molar-refractivity contribution in [3.8, 4) is 0 Å². The monoisotopic (exact) mass is 926 g/mol. The maximum absolute atomic E-state index is 13.2. The van der Waals surface area contributed by atoms with Crippen LogP contribution in [0, 0.1) is 0 Å². The molecule has 378 valence electrons. The van der Waals surface area contributed by atoms with Gasteiger partial charge in [0.15, 0.2) is 0 Å². The number of hydrogen-bond donors (Lipinski definition) is 3. The topological polar surface area (TPSA) is 95.9 Å². The number of carbonyl (C=O) groups is 2. The summed E-state index contributed by atoms with van der Waals surface area (Å²) in [5.74, 6) is -0.741. The van der Waals surface area contributed by atoms with Gasteiger partial charge < -0.3 is 20.3 Å². The molecule has 3 N–H and O–H groups in total. The van der Waals surface area contributed by atoms with Gasteiger partial charge in [-0.2, -0.15) is 0 Å². The Bertz CT molecular complexity index is 1460. The van der Waals surface area contributed by atoms with Crippen molar-refractivity contribution >= 4 is 11.9 Å². The van der Waals surface area contributed by atoms with Crippen molar-refractivity contribution in [2.45, 2.75) is 232 Å². The van der Waals surface area contributed by atoms with Gasteiger partial charge in [-0.25, -0.2) is 0 Å². The van der Waals surface area contributed by atoms with Crippen molar-refractivity contribution in [2.75, 3.05) is 6.61 Å². The molecule has 0 rings (SSSR count). The number of esters is 1. The van der Waals surface area contributed by atoms with Crippen LogP contribution >= 0.6 is 0 Å². The molecule has 0 aromatic heterocycles. The Kier molecular flexibility index (Phi) is 49.8. The molecule has 0 aromatic carbocycles. The van der Waals surface area contributed by atoms with Gasteiger partial charge in [-0.15, -0.1) is 0 Å². The summed E-state index contributed by atoms with van der Waals surface area (Å²) < 4.78 is 5.79. The first kappa shape index (κ1) is 63.0. The highest BCUT2D eigenvalue weighted by molar-refractivity contribution is 5.78. The normalized spacial score (nSPS) is 14.3. The fourth-order valence-electron chi connectivity index (χ4n) is 7.24. The lowest BCUT2D eigenvalue weighted by atomic mass is 10.0. The van der Waals surface area contributed by atoms with Gasteiger partial charge in [-0.3, -0.25) is 9.59 Å². The summed E-state index contributed by atoms with van der Waals surface area (Å²) in [6, 6.07) is -0.767. The number of rotatable bonds is 46. The fraction of sp³-hybridized carbons (Fsp3) is 0.607. The zero-order valence-corrected chi connectivity index (χ0v) is 43.0. The number of aliphatic hydroxyl groups excluding tert-OH is 2. The molecular formula is C61H99NO5. The summed E-state index contributed by atoms with van der Waals surface area (Å²) in [7, 11) is 0. The molecule has 0 spiro atoms. The van der Waals surface area contributed by atoms with E-state index in [4.69, 9.17) is 4.74 Å². The molecule has 1 amide bonds. The second-order valence-electron chi connectivity index (χ2n) is 17.5. The SMILES string of the molecule is CC/C=C\C/C=C\C/C=C\C/C=C\C/C=C\C/C=C\C(CC(=O)NC(CO)C(O)CCCCCCCCCCCCCCCCC)OC(=O)CC/C=C/C/C=C/C/C=C/C/C=C/C/C=C/CC. The van der Waals surface area contributed by atoms with Gasteiger partial charge in [0.05, 0.1) is 25.2 Å². The Balaban J connectivity index is 4.88. The molecule has 6 heteroatoms. The minimum Gasteiger partial charge on any atom is -0.458 e. The highest BCUT2D eigenvalue weighted by Gasteiger charge is 2.23. The van der Waals surface area contributed by atoms with E-state index in [1.54, 1.807) is 6.08 Å². The quantitative estimate of drug-likeness (QED) is 0.0321. The van der Waals surface area contributed by atoms with Crippen molar-refractivity contribution in [1.29, 1.82) is 0 Å². The van der Waals surface area contributed by atoms with Crippen molar-refractivity contribution in [1.82, 2.24) is 5.32 Å². The van der Waals surface area contributed by atoms with E-state index >= 15 is 0 Å². The molecule has 0 aliphatic carbocycles. The fourth-order valence-corrected chi connectivity index (χ4v) is 7.24. The number of ether oxygens (including phenoxy) is 1. The summed E-state index contributed by atoms with van der Waals surface area (Å²) in [5, 5.41) is 23.7. The molecule has 0 aliphatic heterocycles. The number of unbranched alkanes of at least 4 members (excludes halogenated alkanes) is 14. The zero-order chi connectivity index (χ0) is 48.8. The van der Waals surface area contributed by atoms with E-state index in [2.05, 4.69) is 142 Å². The Morgan fingerprint density at radius 1 is 0.463 bits per heavy atom. The van der Waals surface area contributed by atoms with Crippen molar-refractivity contribution in [3.63, 3.8) is 0 Å². The Morgan fingerprint density at radius 3 is 1.18 bits per heavy atom. The first-order valence-corrected chi connectivity index (χ1v) is 26.9. The zero-order valence-electron chi connectivity index (χ0n) is 43.0. The van der Waals surface area contributed by atoms with Gasteiger partial charge in [-0.05, 0) is 89.5 Å². The van der Waals surface area contributed by atoms with Crippen molar-refractivity contribution < 1.29 is 24.5 Å². The number of hydrogen-bond acceptors (Lipinski definition) is 5. The van der Waals surface area contributed by atoms with E-state index in [0.717, 1.165) is 83.5 Å². The Hall–Kier alpha value is -4.00. The summed E-state index contributed by atoms with van der Waals surface area (Å²) in [4.78, 5) is 26.1. The minimum absolute atomic E-state index is 0.0856. The van der Waals surface area contributed by atoms with E-state index in [1.807, 2.05) is 12.2 Å². The number of allylic oxidation sites excluding steroid dienone is 21. The van der Waals surface area contributed by atoms with E-state index in [0.29, 0.717) is 19.3 Å². The average Bonchev–Trinajstić information content (AvgIpc) is 3.32. The van der Waals surface area contributed by atoms with Crippen molar-refractivity contribution in [3.05, 3.63) is 134 Å². The molecule has 3 atom stereocenters. The molecule has 3 unspecified atom stereocenters. The molecule has 0 bridgehead atoms. The third-order valence-electron chi connectivity index (χ3n) is 11.2. The molecule has 0 aromatic rings. The largest absolute Gasteiger partial charge is 0.458 e. The highest BCUT2D eigenvalue weighted by atomic mass is 16.5. The smallest absolute Gasteiger partial charge is 0.306 e. The Morgan fingerprint density at radius 2 is 0.806 bits per heavy atom. The van der Waals surface area contributed by atoms with E-state index in [-0.39, 0.29) is 31.3 Å². The van der Waals surface area contributed by atoms with Crippen LogP contribution in [0.3, 0.4) is 0 Å². The number of amides is 1. The van der Waals surface area contributed by atoms with Gasteiger partial charge in [0.25, 0.3) is 0 Å². The van der Waals surface area contributed by atoms with Gasteiger partial charge >= 0.3 is 5.97 Å². The predicted octanol–water partition coefficient (Wildman–Crippen LogP) is 16.6. The number of carbonyl (C=O) groups excluding carboxylic acids is 2. The maximum atomic E-state index is 13.2. The van der Waals surface area contributed by atoms with Gasteiger partial charge in [0, 0.05) is 6.42 Å². The van der Waals surface area contributed by atoms with Gasteiger partial charge in [-0.1, -0.05) is 245 Å². The van der Waals surface area contributed by atoms with Crippen LogP contribution in [-0.2, 0) is 14.3 Å². The lowest BCUT2D eigenvalue weighted by molar-refractivity contribution is -0.148. The van der Waals surface area contributed by atoms with Crippen molar-refractivity contribution in [2.24, 2.45) is 0 Å². The van der Waals surface area contributed by atoms with Crippen LogP contribution in [-0.4, -0.2) is 46.9 Å². The van der Waals surface area contributed by atoms with Crippen LogP contribution in [0.4, 0.5) is 0 Å². The van der Waals surface area contributed by atoms with Crippen LogP contribution in [0.15, 0.2) is 134 Å². The maximum Gasteiger partial charge on any atom is 0.306 e. The lowest BCUT2D eigenvalue weighted by Crippen LogP contribution is -2.46. The second-order valence-corrected chi connectivity index (χ2v) is 17.5. The molecule has 0 radical (unpaired) electrons. The highest BCUT2D eigenvalue weighted by Crippen LogP contribution is 2.15. The molecule has 0 heterocycles. The summed E-state index contributed by atoms with van der Waals surface area (Å²) in [6.07, 6.45) is 75.5. The molecule has 6 nitrogen and oxygen atoms in total. The van der Waals surface area contributed by atoms with Crippen LogP contribution in [0.5, 0.6) is 0 Å². The first-order valence-electron chi connectivity index (χ1n) is 26.9. The van der Waals surface area contributed by atoms with Crippen LogP contribution in [0.1, 0.15) is 213 Å². The Labute approximate surface area is 412 Å². The summed E-state index contributed by atoms with van der Waals surface area (Å²) in [6.45, 7) is 6.20. The molecule has 0 fully saturated rings. The summed E-state index contributed by atoms with van der Waals surface area (Å²) >= 11 is 0. The van der Waals surface area contributed by atoms with E-state index in [9.17, 15) is 19.8 Å². The number of nitrogens with one attached hydrogen (secondary N) is 1. The molecular weight excluding hydrogens is 827 g/mol. The standard InChI is InChI=1S/C61H99NO5/c1-4-7-10-13-16-19-22-25-28-30-32-34-37-40-43-46-49-52-57(67-61(66)54-51-48-45-42-39-36-33-29-26-23-20-17-14-11-8-5-2)55-60(65)62-58(56-63)59(64)53-50-47-44-41-38-35-31-27-24-21-18-15-12-9-6-3/h7-8,10-11,16-17,19-20,25-26,28-29,32,34,36,39-40,43,45,48-49,52,57-59,63-64H,4-6,9,12-15,18,21-24,27,30-31,33,35,37-38,41-42,44,46-47,50-51,53-56H2,1-3H3,(H,62,65)/b10-7-,11-8+,19-16-,20-17+,28-25-,29-26+,34-32-,39-36+,43-40-,48-45+,52-49-. The van der Waals surface area contributed by atoms with Gasteiger partial charge in [0.2, 0.25) is 5.91 Å². The minimum atomic E-state index is -0.841. The molecule has 0 aliphatic rings.